The number of amides is 1. The Hall–Kier alpha value is -1.35. The maximum Gasteiger partial charge on any atom is 0.231 e. The Labute approximate surface area is 107 Å². The predicted molar refractivity (Wildman–Crippen MR) is 70.8 cm³/mol. The van der Waals surface area contributed by atoms with E-state index in [0.717, 1.165) is 25.9 Å². The van der Waals surface area contributed by atoms with Crippen LogP contribution in [-0.4, -0.2) is 19.0 Å². The predicted octanol–water partition coefficient (Wildman–Crippen LogP) is 1.51. The summed E-state index contributed by atoms with van der Waals surface area (Å²) in [7, 11) is 0. The highest BCUT2D eigenvalue weighted by Gasteiger charge is 2.44. The maximum absolute atomic E-state index is 12.0. The molecule has 2 N–H and O–H groups in total. The summed E-state index contributed by atoms with van der Waals surface area (Å²) in [5.74, 6) is 0.278. The van der Waals surface area contributed by atoms with E-state index >= 15 is 0 Å². The van der Waals surface area contributed by atoms with E-state index in [1.54, 1.807) is 0 Å². The highest BCUT2D eigenvalue weighted by atomic mass is 16.2. The average molecular weight is 242 g/mol. The molecule has 1 amide bonds. The number of rotatable bonds is 2. The molecule has 4 rings (SSSR count). The molecule has 2 aliphatic heterocycles. The summed E-state index contributed by atoms with van der Waals surface area (Å²) in [6.45, 7) is 1.64. The lowest BCUT2D eigenvalue weighted by molar-refractivity contribution is -0.117. The average Bonchev–Trinajstić information content (AvgIpc) is 3.12. The lowest BCUT2D eigenvalue weighted by atomic mass is 9.89. The van der Waals surface area contributed by atoms with E-state index in [9.17, 15) is 4.79 Å². The Bertz CT molecular complexity index is 546. The minimum absolute atomic E-state index is 0.236. The fourth-order valence-electron chi connectivity index (χ4n) is 3.55. The van der Waals surface area contributed by atoms with Gasteiger partial charge in [0.2, 0.25) is 5.91 Å². The molecule has 94 valence electrons. The second-order valence-corrected chi connectivity index (χ2v) is 5.95. The number of nitrogens with zero attached hydrogens (tertiary/aromatic N) is 1. The number of aryl methyl sites for hydroxylation is 1. The van der Waals surface area contributed by atoms with Gasteiger partial charge in [0.25, 0.3) is 0 Å². The third-order valence-electron chi connectivity index (χ3n) is 4.86. The second-order valence-electron chi connectivity index (χ2n) is 5.95. The standard InChI is InChI=1S/C15H18N2O/c16-9-15(3-4-15)12-6-10-2-1-5-17-13(18)8-11(7-12)14(10)17/h6-7H,1-5,8-9,16H2. The van der Waals surface area contributed by atoms with Gasteiger partial charge in [0.15, 0.2) is 0 Å². The highest BCUT2D eigenvalue weighted by Crippen LogP contribution is 2.50. The molecule has 1 aliphatic carbocycles. The number of hydrogen-bond acceptors (Lipinski definition) is 2. The van der Waals surface area contributed by atoms with Crippen molar-refractivity contribution < 1.29 is 4.79 Å². The molecule has 0 atom stereocenters. The van der Waals surface area contributed by atoms with E-state index in [1.165, 1.54) is 35.2 Å². The van der Waals surface area contributed by atoms with Gasteiger partial charge >= 0.3 is 0 Å². The third-order valence-corrected chi connectivity index (χ3v) is 4.86. The first kappa shape index (κ1) is 10.6. The zero-order chi connectivity index (χ0) is 12.3. The van der Waals surface area contributed by atoms with Crippen LogP contribution in [0, 0.1) is 0 Å². The minimum Gasteiger partial charge on any atom is -0.330 e. The number of nitrogens with two attached hydrogens (primary N) is 1. The van der Waals surface area contributed by atoms with Crippen molar-refractivity contribution in [2.24, 2.45) is 5.73 Å². The van der Waals surface area contributed by atoms with Gasteiger partial charge in [-0.1, -0.05) is 12.1 Å². The van der Waals surface area contributed by atoms with Crippen LogP contribution in [0.2, 0.25) is 0 Å². The summed E-state index contributed by atoms with van der Waals surface area (Å²) in [6, 6.07) is 4.57. The molecule has 0 aromatic heterocycles. The first-order chi connectivity index (χ1) is 8.73. The molecular weight excluding hydrogens is 224 g/mol. The Kier molecular flexibility index (Phi) is 1.97. The van der Waals surface area contributed by atoms with Crippen molar-refractivity contribution in [3.63, 3.8) is 0 Å². The number of benzene rings is 1. The van der Waals surface area contributed by atoms with Crippen molar-refractivity contribution in [2.45, 2.75) is 37.5 Å². The van der Waals surface area contributed by atoms with Crippen molar-refractivity contribution in [1.29, 1.82) is 0 Å². The monoisotopic (exact) mass is 242 g/mol. The lowest BCUT2D eigenvalue weighted by Gasteiger charge is -2.27. The molecule has 1 saturated carbocycles. The van der Waals surface area contributed by atoms with Crippen molar-refractivity contribution in [1.82, 2.24) is 0 Å². The summed E-state index contributed by atoms with van der Waals surface area (Å²) in [5, 5.41) is 0. The van der Waals surface area contributed by atoms with Crippen molar-refractivity contribution in [3.8, 4) is 0 Å². The van der Waals surface area contributed by atoms with Gasteiger partial charge in [-0.25, -0.2) is 0 Å². The fraction of sp³-hybridized carbons (Fsp3) is 0.533. The van der Waals surface area contributed by atoms with Crippen molar-refractivity contribution >= 4 is 11.6 Å². The summed E-state index contributed by atoms with van der Waals surface area (Å²) in [6.07, 6.45) is 5.22. The summed E-state index contributed by atoms with van der Waals surface area (Å²) in [5.41, 5.74) is 11.4. The zero-order valence-electron chi connectivity index (χ0n) is 10.5. The third kappa shape index (κ3) is 1.25. The van der Waals surface area contributed by atoms with Crippen LogP contribution in [0.5, 0.6) is 0 Å². The highest BCUT2D eigenvalue weighted by molar-refractivity contribution is 6.02. The van der Waals surface area contributed by atoms with Gasteiger partial charge in [0, 0.05) is 18.5 Å². The maximum atomic E-state index is 12.0. The summed E-state index contributed by atoms with van der Waals surface area (Å²) < 4.78 is 0. The van der Waals surface area contributed by atoms with Crippen LogP contribution in [0.4, 0.5) is 5.69 Å². The second kappa shape index (κ2) is 3.35. The Balaban J connectivity index is 1.87. The Morgan fingerprint density at radius 2 is 2.06 bits per heavy atom. The van der Waals surface area contributed by atoms with E-state index in [2.05, 4.69) is 12.1 Å². The van der Waals surface area contributed by atoms with Gasteiger partial charge < -0.3 is 10.6 Å². The largest absolute Gasteiger partial charge is 0.330 e. The molecular formula is C15H18N2O. The number of hydrogen-bond donors (Lipinski definition) is 1. The summed E-state index contributed by atoms with van der Waals surface area (Å²) in [4.78, 5) is 14.0. The van der Waals surface area contributed by atoms with Crippen LogP contribution < -0.4 is 10.6 Å². The molecule has 3 aliphatic rings. The quantitative estimate of drug-likeness (QED) is 0.854. The SMILES string of the molecule is NCC1(c2cc3c4c(c2)CC(=O)N4CCC3)CC1. The molecule has 18 heavy (non-hydrogen) atoms. The van der Waals surface area contributed by atoms with E-state index in [4.69, 9.17) is 5.73 Å². The van der Waals surface area contributed by atoms with E-state index < -0.39 is 0 Å². The molecule has 0 unspecified atom stereocenters. The molecule has 0 radical (unpaired) electrons. The van der Waals surface area contributed by atoms with E-state index in [1.807, 2.05) is 4.90 Å². The molecule has 1 aromatic rings. The molecule has 3 nitrogen and oxygen atoms in total. The zero-order valence-corrected chi connectivity index (χ0v) is 10.5. The molecule has 2 heterocycles. The van der Waals surface area contributed by atoms with Crippen LogP contribution in [0.25, 0.3) is 0 Å². The fourth-order valence-corrected chi connectivity index (χ4v) is 3.55. The number of anilines is 1. The molecule has 0 saturated heterocycles. The first-order valence-electron chi connectivity index (χ1n) is 6.90. The summed E-state index contributed by atoms with van der Waals surface area (Å²) >= 11 is 0. The molecule has 1 fully saturated rings. The number of carbonyl (C=O) groups is 1. The van der Waals surface area contributed by atoms with Gasteiger partial charge in [-0.3, -0.25) is 4.79 Å². The van der Waals surface area contributed by atoms with Gasteiger partial charge in [-0.2, -0.15) is 0 Å². The van der Waals surface area contributed by atoms with Crippen LogP contribution in [0.1, 0.15) is 36.0 Å². The molecule has 1 aromatic carbocycles. The molecule has 0 spiro atoms. The van der Waals surface area contributed by atoms with Crippen LogP contribution in [0.15, 0.2) is 12.1 Å². The van der Waals surface area contributed by atoms with Crippen LogP contribution >= 0.6 is 0 Å². The van der Waals surface area contributed by atoms with Crippen LogP contribution in [-0.2, 0) is 23.1 Å². The van der Waals surface area contributed by atoms with Crippen molar-refractivity contribution in [3.05, 3.63) is 28.8 Å². The first-order valence-corrected chi connectivity index (χ1v) is 6.90. The van der Waals surface area contributed by atoms with E-state index in [-0.39, 0.29) is 11.3 Å². The topological polar surface area (TPSA) is 46.3 Å². The van der Waals surface area contributed by atoms with Crippen molar-refractivity contribution in [2.75, 3.05) is 18.0 Å². The van der Waals surface area contributed by atoms with Gasteiger partial charge in [0.05, 0.1) is 12.1 Å². The van der Waals surface area contributed by atoms with Crippen LogP contribution in [0.3, 0.4) is 0 Å². The van der Waals surface area contributed by atoms with E-state index in [0.29, 0.717) is 6.42 Å². The van der Waals surface area contributed by atoms with Gasteiger partial charge in [-0.05, 0) is 42.4 Å². The molecule has 0 bridgehead atoms. The Morgan fingerprint density at radius 1 is 1.28 bits per heavy atom. The lowest BCUT2D eigenvalue weighted by Crippen LogP contribution is -2.31. The Morgan fingerprint density at radius 3 is 2.78 bits per heavy atom. The number of carbonyl (C=O) groups excluding carboxylic acids is 1. The molecule has 3 heteroatoms. The minimum atomic E-state index is 0.236. The smallest absolute Gasteiger partial charge is 0.231 e. The van der Waals surface area contributed by atoms with Gasteiger partial charge in [0.1, 0.15) is 0 Å². The normalized spacial score (nSPS) is 23.2. The van der Waals surface area contributed by atoms with Gasteiger partial charge in [-0.15, -0.1) is 0 Å².